The molecule has 0 heterocycles. The Balaban J connectivity index is 2.66. The Morgan fingerprint density at radius 2 is 1.89 bits per heavy atom. The summed E-state index contributed by atoms with van der Waals surface area (Å²) in [5.41, 5.74) is 6.06. The average Bonchev–Trinajstić information content (AvgIpc) is 2.37. The van der Waals surface area contributed by atoms with Crippen LogP contribution in [0, 0.1) is 5.92 Å². The standard InChI is InChI=1S/C13H22N2O3S/c1-2-3-11(8-9-16)10-15-19(17,18)13-6-4-12(14)5-7-13/h4-7,11,15-16H,2-3,8-10,14H2,1H3. The Bertz CT molecular complexity index is 465. The number of nitrogens with two attached hydrogens (primary N) is 1. The van der Waals surface area contributed by atoms with Crippen molar-refractivity contribution in [1.82, 2.24) is 4.72 Å². The van der Waals surface area contributed by atoms with Crippen LogP contribution in [-0.2, 0) is 10.0 Å². The van der Waals surface area contributed by atoms with Crippen LogP contribution in [0.1, 0.15) is 26.2 Å². The third-order valence-electron chi connectivity index (χ3n) is 2.99. The Labute approximate surface area is 114 Å². The Morgan fingerprint density at radius 1 is 1.26 bits per heavy atom. The van der Waals surface area contributed by atoms with Gasteiger partial charge in [-0.3, -0.25) is 0 Å². The van der Waals surface area contributed by atoms with Gasteiger partial charge in [-0.15, -0.1) is 0 Å². The lowest BCUT2D eigenvalue weighted by Gasteiger charge is -2.15. The predicted octanol–water partition coefficient (Wildman–Crippen LogP) is 1.35. The predicted molar refractivity (Wildman–Crippen MR) is 76.1 cm³/mol. The maximum absolute atomic E-state index is 12.0. The molecule has 108 valence electrons. The summed E-state index contributed by atoms with van der Waals surface area (Å²) in [6.07, 6.45) is 2.47. The van der Waals surface area contributed by atoms with E-state index in [9.17, 15) is 8.42 Å². The second-order valence-electron chi connectivity index (χ2n) is 4.59. The Morgan fingerprint density at radius 3 is 2.42 bits per heavy atom. The number of anilines is 1. The van der Waals surface area contributed by atoms with Crippen LogP contribution in [0.25, 0.3) is 0 Å². The third kappa shape index (κ3) is 5.18. The fourth-order valence-corrected chi connectivity index (χ4v) is 3.01. The normalized spacial score (nSPS) is 13.4. The minimum atomic E-state index is -3.50. The first-order valence-electron chi connectivity index (χ1n) is 6.45. The first kappa shape index (κ1) is 15.9. The van der Waals surface area contributed by atoms with Crippen molar-refractivity contribution in [1.29, 1.82) is 0 Å². The number of aliphatic hydroxyl groups is 1. The van der Waals surface area contributed by atoms with Gasteiger partial charge in [-0.1, -0.05) is 13.3 Å². The van der Waals surface area contributed by atoms with Gasteiger partial charge in [0.25, 0.3) is 0 Å². The lowest BCUT2D eigenvalue weighted by Crippen LogP contribution is -2.29. The molecule has 1 atom stereocenters. The van der Waals surface area contributed by atoms with Gasteiger partial charge in [-0.25, -0.2) is 13.1 Å². The molecule has 6 heteroatoms. The molecule has 1 unspecified atom stereocenters. The minimum Gasteiger partial charge on any atom is -0.399 e. The topological polar surface area (TPSA) is 92.4 Å². The van der Waals surface area contributed by atoms with E-state index in [2.05, 4.69) is 4.72 Å². The average molecular weight is 286 g/mol. The van der Waals surface area contributed by atoms with E-state index in [0.29, 0.717) is 18.7 Å². The molecule has 5 nitrogen and oxygen atoms in total. The van der Waals surface area contributed by atoms with Crippen LogP contribution >= 0.6 is 0 Å². The van der Waals surface area contributed by atoms with E-state index in [-0.39, 0.29) is 17.4 Å². The van der Waals surface area contributed by atoms with Gasteiger partial charge in [-0.2, -0.15) is 0 Å². The minimum absolute atomic E-state index is 0.0776. The van der Waals surface area contributed by atoms with Crippen molar-refractivity contribution in [2.24, 2.45) is 5.92 Å². The number of hydrogen-bond donors (Lipinski definition) is 3. The number of hydrogen-bond acceptors (Lipinski definition) is 4. The molecule has 0 aliphatic rings. The molecular formula is C13H22N2O3S. The van der Waals surface area contributed by atoms with Gasteiger partial charge in [0.1, 0.15) is 0 Å². The van der Waals surface area contributed by atoms with Crippen LogP contribution < -0.4 is 10.5 Å². The van der Waals surface area contributed by atoms with Crippen LogP contribution in [-0.4, -0.2) is 26.7 Å². The Kier molecular flexibility index (Phi) is 6.27. The van der Waals surface area contributed by atoms with E-state index >= 15 is 0 Å². The summed E-state index contributed by atoms with van der Waals surface area (Å²) < 4.78 is 26.7. The molecule has 0 saturated carbocycles. The van der Waals surface area contributed by atoms with E-state index in [1.807, 2.05) is 6.92 Å². The van der Waals surface area contributed by atoms with Gasteiger partial charge < -0.3 is 10.8 Å². The highest BCUT2D eigenvalue weighted by molar-refractivity contribution is 7.89. The fraction of sp³-hybridized carbons (Fsp3) is 0.538. The number of benzene rings is 1. The molecule has 0 aromatic heterocycles. The molecule has 0 aliphatic carbocycles. The van der Waals surface area contributed by atoms with Crippen molar-refractivity contribution in [3.05, 3.63) is 24.3 Å². The molecule has 0 bridgehead atoms. The first-order chi connectivity index (χ1) is 8.99. The molecule has 4 N–H and O–H groups in total. The summed E-state index contributed by atoms with van der Waals surface area (Å²) in [7, 11) is -3.50. The summed E-state index contributed by atoms with van der Waals surface area (Å²) in [5.74, 6) is 0.165. The van der Waals surface area contributed by atoms with Crippen LogP contribution in [0.3, 0.4) is 0 Å². The molecule has 0 radical (unpaired) electrons. The number of rotatable bonds is 8. The quantitative estimate of drug-likeness (QED) is 0.629. The maximum atomic E-state index is 12.0. The van der Waals surface area contributed by atoms with Crippen molar-refractivity contribution in [3.63, 3.8) is 0 Å². The van der Waals surface area contributed by atoms with Crippen LogP contribution in [0.5, 0.6) is 0 Å². The molecule has 0 aliphatic heterocycles. The zero-order valence-electron chi connectivity index (χ0n) is 11.2. The second-order valence-corrected chi connectivity index (χ2v) is 6.35. The summed E-state index contributed by atoms with van der Waals surface area (Å²) >= 11 is 0. The van der Waals surface area contributed by atoms with E-state index in [4.69, 9.17) is 10.8 Å². The van der Waals surface area contributed by atoms with Crippen molar-refractivity contribution >= 4 is 15.7 Å². The lowest BCUT2D eigenvalue weighted by atomic mass is 10.0. The van der Waals surface area contributed by atoms with Gasteiger partial charge in [0.2, 0.25) is 10.0 Å². The smallest absolute Gasteiger partial charge is 0.240 e. The number of sulfonamides is 1. The number of nitrogens with one attached hydrogen (secondary N) is 1. The molecular weight excluding hydrogens is 264 g/mol. The fourth-order valence-electron chi connectivity index (χ4n) is 1.90. The Hall–Kier alpha value is -1.11. The molecule has 0 fully saturated rings. The van der Waals surface area contributed by atoms with E-state index < -0.39 is 10.0 Å². The highest BCUT2D eigenvalue weighted by Gasteiger charge is 2.16. The molecule has 1 aromatic carbocycles. The summed E-state index contributed by atoms with van der Waals surface area (Å²) in [6, 6.07) is 6.09. The summed E-state index contributed by atoms with van der Waals surface area (Å²) in [4.78, 5) is 0.209. The van der Waals surface area contributed by atoms with Crippen LogP contribution in [0.15, 0.2) is 29.2 Å². The van der Waals surface area contributed by atoms with Crippen molar-refractivity contribution in [2.45, 2.75) is 31.1 Å². The van der Waals surface area contributed by atoms with Gasteiger partial charge in [0.05, 0.1) is 4.90 Å². The van der Waals surface area contributed by atoms with Crippen LogP contribution in [0.4, 0.5) is 5.69 Å². The zero-order valence-corrected chi connectivity index (χ0v) is 12.0. The first-order valence-corrected chi connectivity index (χ1v) is 7.94. The zero-order chi connectivity index (χ0) is 14.3. The van der Waals surface area contributed by atoms with E-state index in [1.54, 1.807) is 12.1 Å². The monoisotopic (exact) mass is 286 g/mol. The molecule has 0 amide bonds. The van der Waals surface area contributed by atoms with Gasteiger partial charge in [0.15, 0.2) is 0 Å². The number of nitrogen functional groups attached to an aromatic ring is 1. The summed E-state index contributed by atoms with van der Waals surface area (Å²) in [5, 5.41) is 8.95. The van der Waals surface area contributed by atoms with Crippen molar-refractivity contribution in [2.75, 3.05) is 18.9 Å². The van der Waals surface area contributed by atoms with Gasteiger partial charge in [0, 0.05) is 18.8 Å². The highest BCUT2D eigenvalue weighted by atomic mass is 32.2. The molecule has 0 saturated heterocycles. The van der Waals surface area contributed by atoms with Gasteiger partial charge in [-0.05, 0) is 43.0 Å². The molecule has 0 spiro atoms. The second kappa shape index (κ2) is 7.47. The van der Waals surface area contributed by atoms with Crippen LogP contribution in [0.2, 0.25) is 0 Å². The van der Waals surface area contributed by atoms with Crippen molar-refractivity contribution < 1.29 is 13.5 Å². The van der Waals surface area contributed by atoms with E-state index in [1.165, 1.54) is 12.1 Å². The van der Waals surface area contributed by atoms with Gasteiger partial charge >= 0.3 is 0 Å². The highest BCUT2D eigenvalue weighted by Crippen LogP contribution is 2.14. The third-order valence-corrected chi connectivity index (χ3v) is 4.43. The number of aliphatic hydroxyl groups excluding tert-OH is 1. The maximum Gasteiger partial charge on any atom is 0.240 e. The lowest BCUT2D eigenvalue weighted by molar-refractivity contribution is 0.251. The van der Waals surface area contributed by atoms with E-state index in [0.717, 1.165) is 12.8 Å². The molecule has 19 heavy (non-hydrogen) atoms. The molecule has 1 aromatic rings. The largest absolute Gasteiger partial charge is 0.399 e. The SMILES string of the molecule is CCCC(CCO)CNS(=O)(=O)c1ccc(N)cc1. The molecule has 1 rings (SSSR count). The van der Waals surface area contributed by atoms with Crippen molar-refractivity contribution in [3.8, 4) is 0 Å². The summed E-state index contributed by atoms with van der Waals surface area (Å²) in [6.45, 7) is 2.47.